The molecule has 0 heterocycles. The van der Waals surface area contributed by atoms with Gasteiger partial charge in [-0.15, -0.1) is 0 Å². The highest BCUT2D eigenvalue weighted by Crippen LogP contribution is 2.19. The topological polar surface area (TPSA) is 55.4 Å². The Morgan fingerprint density at radius 1 is 1.32 bits per heavy atom. The van der Waals surface area contributed by atoms with Crippen molar-refractivity contribution in [2.75, 3.05) is 0 Å². The summed E-state index contributed by atoms with van der Waals surface area (Å²) in [5.41, 5.74) is 0.234. The minimum atomic E-state index is -0.460. The third kappa shape index (κ3) is 5.32. The van der Waals surface area contributed by atoms with Gasteiger partial charge in [0.25, 0.3) is 5.91 Å². The predicted molar refractivity (Wildman–Crippen MR) is 74.2 cm³/mol. The van der Waals surface area contributed by atoms with Crippen LogP contribution in [0.4, 0.5) is 0 Å². The lowest BCUT2D eigenvalue weighted by atomic mass is 10.2. The molecule has 1 aromatic rings. The van der Waals surface area contributed by atoms with Gasteiger partial charge in [-0.1, -0.05) is 42.3 Å². The van der Waals surface area contributed by atoms with Crippen LogP contribution in [0, 0.1) is 0 Å². The van der Waals surface area contributed by atoms with Crippen molar-refractivity contribution in [3.05, 3.63) is 40.5 Å². The SMILES string of the molecule is CCCC(=O)Oc1ccccc1C(=O)NC=C(Cl)Cl. The molecule has 0 unspecified atom stereocenters. The van der Waals surface area contributed by atoms with E-state index in [1.807, 2.05) is 6.92 Å². The molecule has 19 heavy (non-hydrogen) atoms. The number of para-hydroxylation sites is 1. The third-order valence-electron chi connectivity index (χ3n) is 2.12. The van der Waals surface area contributed by atoms with Crippen LogP contribution >= 0.6 is 23.2 Å². The summed E-state index contributed by atoms with van der Waals surface area (Å²) in [6.45, 7) is 1.87. The first-order chi connectivity index (χ1) is 9.04. The number of rotatable bonds is 5. The van der Waals surface area contributed by atoms with Crippen LogP contribution in [0.25, 0.3) is 0 Å². The minimum Gasteiger partial charge on any atom is -0.426 e. The average Bonchev–Trinajstić information content (AvgIpc) is 2.36. The summed E-state index contributed by atoms with van der Waals surface area (Å²) in [5, 5.41) is 2.39. The normalized spacial score (nSPS) is 9.63. The van der Waals surface area contributed by atoms with Crippen molar-refractivity contribution in [2.24, 2.45) is 0 Å². The third-order valence-corrected chi connectivity index (χ3v) is 2.34. The Morgan fingerprint density at radius 2 is 2.00 bits per heavy atom. The maximum atomic E-state index is 11.8. The van der Waals surface area contributed by atoms with Crippen LogP contribution in [0.3, 0.4) is 0 Å². The molecule has 4 nitrogen and oxygen atoms in total. The van der Waals surface area contributed by atoms with Gasteiger partial charge in [0, 0.05) is 12.6 Å². The van der Waals surface area contributed by atoms with Crippen molar-refractivity contribution in [3.8, 4) is 5.75 Å². The molecular weight excluding hydrogens is 289 g/mol. The summed E-state index contributed by atoms with van der Waals surface area (Å²) in [6, 6.07) is 6.43. The number of carbonyl (C=O) groups is 2. The molecular formula is C13H13Cl2NO3. The fourth-order valence-corrected chi connectivity index (χ4v) is 1.43. The van der Waals surface area contributed by atoms with Gasteiger partial charge in [-0.05, 0) is 18.6 Å². The number of hydrogen-bond acceptors (Lipinski definition) is 3. The first-order valence-electron chi connectivity index (χ1n) is 5.66. The first-order valence-corrected chi connectivity index (χ1v) is 6.42. The van der Waals surface area contributed by atoms with E-state index in [0.29, 0.717) is 12.8 Å². The summed E-state index contributed by atoms with van der Waals surface area (Å²) in [7, 11) is 0. The molecule has 1 amide bonds. The van der Waals surface area contributed by atoms with Crippen molar-refractivity contribution >= 4 is 35.1 Å². The Labute approximate surface area is 121 Å². The van der Waals surface area contributed by atoms with Gasteiger partial charge in [0.05, 0.1) is 5.56 Å². The molecule has 0 saturated heterocycles. The monoisotopic (exact) mass is 301 g/mol. The lowest BCUT2D eigenvalue weighted by Crippen LogP contribution is -2.19. The lowest BCUT2D eigenvalue weighted by molar-refractivity contribution is -0.134. The van der Waals surface area contributed by atoms with Crippen molar-refractivity contribution in [2.45, 2.75) is 19.8 Å². The van der Waals surface area contributed by atoms with Crippen LogP contribution in [0.2, 0.25) is 0 Å². The molecule has 1 aromatic carbocycles. The smallest absolute Gasteiger partial charge is 0.311 e. The molecule has 0 aliphatic rings. The zero-order valence-electron chi connectivity index (χ0n) is 10.3. The van der Waals surface area contributed by atoms with E-state index in [2.05, 4.69) is 5.32 Å². The van der Waals surface area contributed by atoms with Gasteiger partial charge in [0.15, 0.2) is 0 Å². The molecule has 6 heteroatoms. The summed E-state index contributed by atoms with van der Waals surface area (Å²) in [4.78, 5) is 23.3. The number of halogens is 2. The molecule has 1 rings (SSSR count). The number of ether oxygens (including phenoxy) is 1. The Balaban J connectivity index is 2.86. The van der Waals surface area contributed by atoms with Crippen molar-refractivity contribution < 1.29 is 14.3 Å². The van der Waals surface area contributed by atoms with E-state index in [-0.39, 0.29) is 21.8 Å². The average molecular weight is 302 g/mol. The zero-order chi connectivity index (χ0) is 14.3. The van der Waals surface area contributed by atoms with E-state index in [1.54, 1.807) is 24.3 Å². The number of carbonyl (C=O) groups excluding carboxylic acids is 2. The first kappa shape index (κ1) is 15.5. The summed E-state index contributed by atoms with van der Waals surface area (Å²) < 4.78 is 5.05. The van der Waals surface area contributed by atoms with Gasteiger partial charge in [-0.2, -0.15) is 0 Å². The van der Waals surface area contributed by atoms with Crippen LogP contribution in [0.5, 0.6) is 5.75 Å². The van der Waals surface area contributed by atoms with Crippen molar-refractivity contribution in [1.29, 1.82) is 0 Å². The fourth-order valence-electron chi connectivity index (χ4n) is 1.32. The van der Waals surface area contributed by atoms with Crippen LogP contribution in [-0.4, -0.2) is 11.9 Å². The standard InChI is InChI=1S/C13H13Cl2NO3/c1-2-5-12(17)19-10-7-4-3-6-9(10)13(18)16-8-11(14)15/h3-4,6-8H,2,5H2,1H3,(H,16,18). The minimum absolute atomic E-state index is 0.0752. The number of esters is 1. The number of amides is 1. The highest BCUT2D eigenvalue weighted by atomic mass is 35.5. The predicted octanol–water partition coefficient (Wildman–Crippen LogP) is 3.40. The molecule has 1 N–H and O–H groups in total. The summed E-state index contributed by atoms with van der Waals surface area (Å²) in [5.74, 6) is -0.634. The maximum Gasteiger partial charge on any atom is 0.311 e. The van der Waals surface area contributed by atoms with Crippen molar-refractivity contribution in [3.63, 3.8) is 0 Å². The molecule has 0 aromatic heterocycles. The fraction of sp³-hybridized carbons (Fsp3) is 0.231. The maximum absolute atomic E-state index is 11.8. The van der Waals surface area contributed by atoms with E-state index in [0.717, 1.165) is 6.20 Å². The van der Waals surface area contributed by atoms with Gasteiger partial charge in [-0.3, -0.25) is 9.59 Å². The van der Waals surface area contributed by atoms with Crippen LogP contribution < -0.4 is 10.1 Å². The molecule has 0 radical (unpaired) electrons. The number of benzene rings is 1. The Kier molecular flexibility index (Phi) is 6.39. The second-order valence-corrected chi connectivity index (χ2v) is 4.64. The van der Waals surface area contributed by atoms with E-state index < -0.39 is 5.91 Å². The molecule has 0 atom stereocenters. The Morgan fingerprint density at radius 3 is 2.63 bits per heavy atom. The van der Waals surface area contributed by atoms with Crippen molar-refractivity contribution in [1.82, 2.24) is 5.32 Å². The molecule has 0 aliphatic carbocycles. The molecule has 0 fully saturated rings. The zero-order valence-corrected chi connectivity index (χ0v) is 11.8. The van der Waals surface area contributed by atoms with Crippen LogP contribution in [0.1, 0.15) is 30.1 Å². The summed E-state index contributed by atoms with van der Waals surface area (Å²) in [6.07, 6.45) is 2.12. The van der Waals surface area contributed by atoms with Gasteiger partial charge >= 0.3 is 5.97 Å². The van der Waals surface area contributed by atoms with E-state index in [4.69, 9.17) is 27.9 Å². The highest BCUT2D eigenvalue weighted by molar-refractivity contribution is 6.55. The van der Waals surface area contributed by atoms with Gasteiger partial charge in [0.2, 0.25) is 0 Å². The van der Waals surface area contributed by atoms with E-state index in [9.17, 15) is 9.59 Å². The number of nitrogens with one attached hydrogen (secondary N) is 1. The quantitative estimate of drug-likeness (QED) is 0.670. The van der Waals surface area contributed by atoms with Crippen LogP contribution in [-0.2, 0) is 4.79 Å². The second-order valence-electron chi connectivity index (χ2n) is 3.63. The van der Waals surface area contributed by atoms with E-state index >= 15 is 0 Å². The Hall–Kier alpha value is -1.52. The summed E-state index contributed by atoms with van der Waals surface area (Å²) >= 11 is 10.8. The molecule has 102 valence electrons. The largest absolute Gasteiger partial charge is 0.426 e. The molecule has 0 aliphatic heterocycles. The van der Waals surface area contributed by atoms with E-state index in [1.165, 1.54) is 0 Å². The highest BCUT2D eigenvalue weighted by Gasteiger charge is 2.13. The molecule has 0 spiro atoms. The second kappa shape index (κ2) is 7.81. The van der Waals surface area contributed by atoms with Gasteiger partial charge in [0.1, 0.15) is 10.2 Å². The van der Waals surface area contributed by atoms with Crippen LogP contribution in [0.15, 0.2) is 35.0 Å². The van der Waals surface area contributed by atoms with Gasteiger partial charge in [-0.25, -0.2) is 0 Å². The lowest BCUT2D eigenvalue weighted by Gasteiger charge is -2.08. The number of hydrogen-bond donors (Lipinski definition) is 1. The molecule has 0 saturated carbocycles. The van der Waals surface area contributed by atoms with Gasteiger partial charge < -0.3 is 10.1 Å². The molecule has 0 bridgehead atoms. The Bertz CT molecular complexity index is 496.